The Bertz CT molecular complexity index is 3150. The van der Waals surface area contributed by atoms with Crippen molar-refractivity contribution in [2.75, 3.05) is 0 Å². The smallest absolute Gasteiger partial charge is 0.164 e. The highest BCUT2D eigenvalue weighted by Gasteiger charge is 2.50. The third-order valence-electron chi connectivity index (χ3n) is 11.8. The Kier molecular flexibility index (Phi) is 7.34. The summed E-state index contributed by atoms with van der Waals surface area (Å²) in [5, 5.41) is 3.38. The second kappa shape index (κ2) is 12.9. The molecule has 0 saturated carbocycles. The summed E-state index contributed by atoms with van der Waals surface area (Å²) in [7, 11) is 0. The maximum atomic E-state index is 5.54. The number of hydrogen-bond acceptors (Lipinski definition) is 5. The van der Waals surface area contributed by atoms with Gasteiger partial charge in [0.15, 0.2) is 17.5 Å². The average Bonchev–Trinajstić information content (AvgIpc) is 3.58. The zero-order valence-electron chi connectivity index (χ0n) is 31.2. The van der Waals surface area contributed by atoms with E-state index >= 15 is 0 Å². The average molecular weight is 757 g/mol. The summed E-state index contributed by atoms with van der Waals surface area (Å²) in [6, 6.07) is 69.1. The van der Waals surface area contributed by atoms with Crippen LogP contribution in [-0.2, 0) is 5.41 Å². The molecule has 0 radical (unpaired) electrons. The van der Waals surface area contributed by atoms with Gasteiger partial charge in [-0.25, -0.2) is 19.9 Å². The van der Waals surface area contributed by atoms with Crippen molar-refractivity contribution in [2.45, 2.75) is 15.2 Å². The van der Waals surface area contributed by atoms with Gasteiger partial charge in [0, 0.05) is 42.8 Å². The van der Waals surface area contributed by atoms with Gasteiger partial charge in [0.05, 0.1) is 16.6 Å². The number of fused-ring (bicyclic) bond motifs is 12. The zero-order chi connectivity index (χ0) is 38.2. The molecule has 0 fully saturated rings. The molecule has 0 N–H and O–H groups in total. The molecule has 1 spiro atoms. The Morgan fingerprint density at radius 3 is 1.47 bits per heavy atom. The topological polar surface area (TPSA) is 51.6 Å². The van der Waals surface area contributed by atoms with Crippen LogP contribution in [0.15, 0.2) is 204 Å². The lowest BCUT2D eigenvalue weighted by molar-refractivity contribution is 0.723. The fraction of sp³-hybridized carbons (Fsp3) is 0.0189. The monoisotopic (exact) mass is 756 g/mol. The largest absolute Gasteiger partial charge is 0.247 e. The van der Waals surface area contributed by atoms with Crippen molar-refractivity contribution in [3.8, 4) is 56.5 Å². The van der Waals surface area contributed by atoms with Crippen LogP contribution in [0, 0.1) is 0 Å². The Labute approximate surface area is 340 Å². The van der Waals surface area contributed by atoms with Crippen molar-refractivity contribution in [3.63, 3.8) is 0 Å². The molecule has 2 aromatic heterocycles. The molecule has 1 aliphatic heterocycles. The molecule has 4 nitrogen and oxygen atoms in total. The lowest BCUT2D eigenvalue weighted by Gasteiger charge is -2.39. The van der Waals surface area contributed by atoms with Crippen molar-refractivity contribution < 1.29 is 0 Å². The molecule has 0 bridgehead atoms. The van der Waals surface area contributed by atoms with E-state index in [-0.39, 0.29) is 0 Å². The van der Waals surface area contributed by atoms with Gasteiger partial charge < -0.3 is 0 Å². The predicted octanol–water partition coefficient (Wildman–Crippen LogP) is 13.1. The Morgan fingerprint density at radius 1 is 0.328 bits per heavy atom. The lowest BCUT2D eigenvalue weighted by Crippen LogP contribution is -2.31. The molecule has 270 valence electrons. The van der Waals surface area contributed by atoms with Crippen molar-refractivity contribution >= 4 is 33.4 Å². The van der Waals surface area contributed by atoms with Crippen molar-refractivity contribution in [3.05, 3.63) is 216 Å². The minimum absolute atomic E-state index is 0.475. The van der Waals surface area contributed by atoms with E-state index in [0.29, 0.717) is 17.5 Å². The van der Waals surface area contributed by atoms with Gasteiger partial charge in [-0.2, -0.15) is 0 Å². The molecule has 5 heteroatoms. The maximum Gasteiger partial charge on any atom is 0.164 e. The lowest BCUT2D eigenvalue weighted by atomic mass is 9.67. The predicted molar refractivity (Wildman–Crippen MR) is 236 cm³/mol. The summed E-state index contributed by atoms with van der Waals surface area (Å²) in [6.07, 6.45) is 0. The van der Waals surface area contributed by atoms with Gasteiger partial charge >= 0.3 is 0 Å². The van der Waals surface area contributed by atoms with Crippen LogP contribution in [0.5, 0.6) is 0 Å². The van der Waals surface area contributed by atoms with E-state index in [1.165, 1.54) is 48.6 Å². The number of rotatable bonds is 4. The van der Waals surface area contributed by atoms with E-state index < -0.39 is 5.41 Å². The molecule has 8 aromatic carbocycles. The van der Waals surface area contributed by atoms with Gasteiger partial charge in [0.25, 0.3) is 0 Å². The molecular weight excluding hydrogens is 725 g/mol. The summed E-state index contributed by atoms with van der Waals surface area (Å²) in [6.45, 7) is 0. The second-order valence-corrected chi connectivity index (χ2v) is 16.0. The standard InChI is InChI=1S/C53H32N4S/c1-4-16-33(17-5-1)49-41-32-45-40(37-22-10-11-23-42(37)53(45)43-24-12-14-26-47(43)58-48-27-15-13-25-44(48)53)31-39(41)38-29-28-36(30-46(38)54-49)52-56-50(34-18-6-2-7-19-34)55-51(57-52)35-20-8-3-9-21-35/h1-32H. The van der Waals surface area contributed by atoms with Gasteiger partial charge in [0.2, 0.25) is 0 Å². The molecule has 0 amide bonds. The third-order valence-corrected chi connectivity index (χ3v) is 12.9. The summed E-state index contributed by atoms with van der Waals surface area (Å²) < 4.78 is 0. The van der Waals surface area contributed by atoms with E-state index in [9.17, 15) is 0 Å². The fourth-order valence-corrected chi connectivity index (χ4v) is 10.4. The summed E-state index contributed by atoms with van der Waals surface area (Å²) >= 11 is 1.87. The zero-order valence-corrected chi connectivity index (χ0v) is 32.0. The number of pyridine rings is 1. The number of nitrogens with zero attached hydrogens (tertiary/aromatic N) is 4. The van der Waals surface area contributed by atoms with Crippen molar-refractivity contribution in [2.24, 2.45) is 0 Å². The van der Waals surface area contributed by atoms with Gasteiger partial charge in [-0.3, -0.25) is 0 Å². The molecule has 2 aliphatic rings. The van der Waals surface area contributed by atoms with Gasteiger partial charge in [-0.1, -0.05) is 176 Å². The highest BCUT2D eigenvalue weighted by Crippen LogP contribution is 2.62. The normalized spacial score (nSPS) is 13.2. The first kappa shape index (κ1) is 33.0. The van der Waals surface area contributed by atoms with Crippen LogP contribution < -0.4 is 0 Å². The van der Waals surface area contributed by atoms with Crippen LogP contribution in [0.2, 0.25) is 0 Å². The Hall–Kier alpha value is -7.21. The molecule has 3 heterocycles. The SMILES string of the molecule is c1ccc(-c2nc(-c3ccccc3)nc(-c3ccc4c(c3)nc(-c3ccccc3)c3cc5c(cc34)-c3ccccc3C53c4ccccc4Sc4ccccc43)n2)cc1. The molecular formula is C53H32N4S. The summed E-state index contributed by atoms with van der Waals surface area (Å²) in [5.74, 6) is 1.87. The van der Waals surface area contributed by atoms with Crippen LogP contribution in [0.1, 0.15) is 22.3 Å². The minimum atomic E-state index is -0.475. The number of aromatic nitrogens is 4. The molecule has 0 unspecified atom stereocenters. The summed E-state index contributed by atoms with van der Waals surface area (Å²) in [5.41, 5.74) is 13.0. The van der Waals surface area contributed by atoms with E-state index in [0.717, 1.165) is 44.2 Å². The first-order chi connectivity index (χ1) is 28.7. The molecule has 0 saturated heterocycles. The number of hydrogen-bond donors (Lipinski definition) is 0. The fourth-order valence-electron chi connectivity index (χ4n) is 9.24. The van der Waals surface area contributed by atoms with E-state index in [4.69, 9.17) is 19.9 Å². The van der Waals surface area contributed by atoms with E-state index in [2.05, 4.69) is 133 Å². The molecule has 1 aliphatic carbocycles. The van der Waals surface area contributed by atoms with E-state index in [1.54, 1.807) is 0 Å². The quantitative estimate of drug-likeness (QED) is 0.167. The first-order valence-corrected chi connectivity index (χ1v) is 20.4. The third kappa shape index (κ3) is 4.90. The van der Waals surface area contributed by atoms with Crippen molar-refractivity contribution in [1.82, 2.24) is 19.9 Å². The Balaban J connectivity index is 1.14. The van der Waals surface area contributed by atoms with Crippen LogP contribution in [0.25, 0.3) is 78.2 Å². The van der Waals surface area contributed by atoms with Crippen LogP contribution in [-0.4, -0.2) is 19.9 Å². The molecule has 12 rings (SSSR count). The van der Waals surface area contributed by atoms with Crippen LogP contribution in [0.3, 0.4) is 0 Å². The van der Waals surface area contributed by atoms with Gasteiger partial charge in [-0.15, -0.1) is 0 Å². The first-order valence-electron chi connectivity index (χ1n) is 19.6. The van der Waals surface area contributed by atoms with Crippen LogP contribution in [0.4, 0.5) is 0 Å². The van der Waals surface area contributed by atoms with Gasteiger partial charge in [0.1, 0.15) is 0 Å². The second-order valence-electron chi connectivity index (χ2n) is 14.9. The highest BCUT2D eigenvalue weighted by molar-refractivity contribution is 7.99. The minimum Gasteiger partial charge on any atom is -0.247 e. The summed E-state index contributed by atoms with van der Waals surface area (Å²) in [4.78, 5) is 23.2. The molecule has 58 heavy (non-hydrogen) atoms. The molecule has 10 aromatic rings. The van der Waals surface area contributed by atoms with Crippen molar-refractivity contribution in [1.29, 1.82) is 0 Å². The van der Waals surface area contributed by atoms with Crippen LogP contribution >= 0.6 is 11.8 Å². The van der Waals surface area contributed by atoms with Gasteiger partial charge in [-0.05, 0) is 69.1 Å². The number of benzene rings is 8. The highest BCUT2D eigenvalue weighted by atomic mass is 32.2. The van der Waals surface area contributed by atoms with E-state index in [1.807, 2.05) is 72.4 Å². The Morgan fingerprint density at radius 2 is 0.845 bits per heavy atom. The maximum absolute atomic E-state index is 5.54. The molecule has 0 atom stereocenters.